The standard InChI is InChI=1S/C19H18FNO3/c1-2-12-24-19(23)15-4-3-5-17(13-15)21-18(22)11-8-14-6-9-16(20)10-7-14/h3-11,13H,2,12H2,1H3,(H,21,22). The van der Waals surface area contributed by atoms with Crippen LogP contribution < -0.4 is 5.32 Å². The fourth-order valence-corrected chi connectivity index (χ4v) is 1.93. The minimum atomic E-state index is -0.421. The van der Waals surface area contributed by atoms with Gasteiger partial charge in [0, 0.05) is 11.8 Å². The van der Waals surface area contributed by atoms with Gasteiger partial charge in [-0.1, -0.05) is 25.1 Å². The van der Waals surface area contributed by atoms with Crippen LogP contribution in [0.15, 0.2) is 54.6 Å². The first kappa shape index (κ1) is 17.4. The van der Waals surface area contributed by atoms with E-state index >= 15 is 0 Å². The molecule has 2 aromatic carbocycles. The van der Waals surface area contributed by atoms with E-state index in [4.69, 9.17) is 4.74 Å². The highest BCUT2D eigenvalue weighted by molar-refractivity contribution is 6.02. The SMILES string of the molecule is CCCOC(=O)c1cccc(NC(=O)C=Cc2ccc(F)cc2)c1. The molecular formula is C19H18FNO3. The van der Waals surface area contributed by atoms with E-state index < -0.39 is 5.97 Å². The summed E-state index contributed by atoms with van der Waals surface area (Å²) in [7, 11) is 0. The molecule has 1 amide bonds. The fraction of sp³-hybridized carbons (Fsp3) is 0.158. The molecule has 124 valence electrons. The lowest BCUT2D eigenvalue weighted by Crippen LogP contribution is -2.10. The van der Waals surface area contributed by atoms with Crippen LogP contribution in [-0.2, 0) is 9.53 Å². The Hall–Kier alpha value is -2.95. The third kappa shape index (κ3) is 5.35. The molecule has 0 heterocycles. The summed E-state index contributed by atoms with van der Waals surface area (Å²) in [4.78, 5) is 23.7. The van der Waals surface area contributed by atoms with Crippen LogP contribution in [0.25, 0.3) is 6.08 Å². The van der Waals surface area contributed by atoms with Crippen LogP contribution in [0.2, 0.25) is 0 Å². The summed E-state index contributed by atoms with van der Waals surface area (Å²) >= 11 is 0. The van der Waals surface area contributed by atoms with Crippen LogP contribution >= 0.6 is 0 Å². The van der Waals surface area contributed by atoms with E-state index in [2.05, 4.69) is 5.32 Å². The van der Waals surface area contributed by atoms with Crippen molar-refractivity contribution in [1.29, 1.82) is 0 Å². The van der Waals surface area contributed by atoms with Crippen molar-refractivity contribution >= 4 is 23.6 Å². The molecule has 0 bridgehead atoms. The van der Waals surface area contributed by atoms with Crippen LogP contribution in [0, 0.1) is 5.82 Å². The summed E-state index contributed by atoms with van der Waals surface area (Å²) in [5, 5.41) is 2.67. The lowest BCUT2D eigenvalue weighted by molar-refractivity contribution is -0.111. The lowest BCUT2D eigenvalue weighted by atomic mass is 10.2. The zero-order chi connectivity index (χ0) is 17.4. The molecule has 2 aromatic rings. The maximum absolute atomic E-state index is 12.8. The number of nitrogens with one attached hydrogen (secondary N) is 1. The van der Waals surface area contributed by atoms with Crippen LogP contribution in [0.3, 0.4) is 0 Å². The monoisotopic (exact) mass is 327 g/mol. The molecule has 24 heavy (non-hydrogen) atoms. The first-order chi connectivity index (χ1) is 11.6. The third-order valence-electron chi connectivity index (χ3n) is 3.10. The van der Waals surface area contributed by atoms with Gasteiger partial charge in [0.15, 0.2) is 0 Å². The van der Waals surface area contributed by atoms with E-state index in [-0.39, 0.29) is 11.7 Å². The molecule has 4 nitrogen and oxygen atoms in total. The number of esters is 1. The van der Waals surface area contributed by atoms with Gasteiger partial charge in [0.2, 0.25) is 5.91 Å². The van der Waals surface area contributed by atoms with Crippen molar-refractivity contribution < 1.29 is 18.7 Å². The average molecular weight is 327 g/mol. The molecule has 0 aliphatic heterocycles. The highest BCUT2D eigenvalue weighted by atomic mass is 19.1. The van der Waals surface area contributed by atoms with Crippen molar-refractivity contribution in [2.75, 3.05) is 11.9 Å². The average Bonchev–Trinajstić information content (AvgIpc) is 2.59. The van der Waals surface area contributed by atoms with E-state index in [1.807, 2.05) is 6.92 Å². The predicted octanol–water partition coefficient (Wildman–Crippen LogP) is 4.04. The number of hydrogen-bond acceptors (Lipinski definition) is 3. The molecule has 0 aliphatic carbocycles. The minimum absolute atomic E-state index is 0.330. The van der Waals surface area contributed by atoms with E-state index in [9.17, 15) is 14.0 Å². The molecule has 0 unspecified atom stereocenters. The molecule has 0 saturated heterocycles. The molecule has 1 N–H and O–H groups in total. The second kappa shape index (κ2) is 8.62. The van der Waals surface area contributed by atoms with Gasteiger partial charge >= 0.3 is 5.97 Å². The second-order valence-corrected chi connectivity index (χ2v) is 5.09. The summed E-state index contributed by atoms with van der Waals surface area (Å²) in [6, 6.07) is 12.3. The largest absolute Gasteiger partial charge is 0.462 e. The zero-order valence-electron chi connectivity index (χ0n) is 13.3. The summed E-state index contributed by atoms with van der Waals surface area (Å²) in [5.41, 5.74) is 1.59. The molecule has 0 saturated carbocycles. The van der Waals surface area contributed by atoms with Crippen LogP contribution in [-0.4, -0.2) is 18.5 Å². The number of anilines is 1. The van der Waals surface area contributed by atoms with Gasteiger partial charge in [-0.25, -0.2) is 9.18 Å². The van der Waals surface area contributed by atoms with Crippen LogP contribution in [0.1, 0.15) is 29.3 Å². The zero-order valence-corrected chi connectivity index (χ0v) is 13.3. The maximum Gasteiger partial charge on any atom is 0.338 e. The summed E-state index contributed by atoms with van der Waals surface area (Å²) in [6.45, 7) is 2.27. The lowest BCUT2D eigenvalue weighted by Gasteiger charge is -2.06. The van der Waals surface area contributed by atoms with Crippen molar-refractivity contribution in [1.82, 2.24) is 0 Å². The van der Waals surface area contributed by atoms with Crippen molar-refractivity contribution in [2.24, 2.45) is 0 Å². The van der Waals surface area contributed by atoms with Gasteiger partial charge in [-0.3, -0.25) is 4.79 Å². The van der Waals surface area contributed by atoms with E-state index in [1.54, 1.807) is 42.5 Å². The fourth-order valence-electron chi connectivity index (χ4n) is 1.93. The van der Waals surface area contributed by atoms with Gasteiger partial charge < -0.3 is 10.1 Å². The Kier molecular flexibility index (Phi) is 6.25. The molecule has 5 heteroatoms. The molecule has 0 atom stereocenters. The number of amides is 1. The highest BCUT2D eigenvalue weighted by Gasteiger charge is 2.08. The Labute approximate surface area is 140 Å². The van der Waals surface area contributed by atoms with Gasteiger partial charge in [0.1, 0.15) is 5.82 Å². The first-order valence-corrected chi connectivity index (χ1v) is 7.60. The summed E-state index contributed by atoms with van der Waals surface area (Å²) in [6.07, 6.45) is 3.67. The smallest absolute Gasteiger partial charge is 0.338 e. The number of ether oxygens (including phenoxy) is 1. The maximum atomic E-state index is 12.8. The van der Waals surface area contributed by atoms with E-state index in [1.165, 1.54) is 18.2 Å². The molecular weight excluding hydrogens is 309 g/mol. The number of rotatable bonds is 6. The number of benzene rings is 2. The Balaban J connectivity index is 1.98. The van der Waals surface area contributed by atoms with Crippen LogP contribution in [0.5, 0.6) is 0 Å². The van der Waals surface area contributed by atoms with Crippen molar-refractivity contribution in [2.45, 2.75) is 13.3 Å². The van der Waals surface area contributed by atoms with Crippen molar-refractivity contribution in [3.63, 3.8) is 0 Å². The third-order valence-corrected chi connectivity index (χ3v) is 3.10. The van der Waals surface area contributed by atoms with Gasteiger partial charge in [-0.05, 0) is 48.4 Å². The Morgan fingerprint density at radius 1 is 1.17 bits per heavy atom. The Bertz CT molecular complexity index is 739. The topological polar surface area (TPSA) is 55.4 Å². The molecule has 0 aliphatic rings. The number of carbonyl (C=O) groups excluding carboxylic acids is 2. The molecule has 2 rings (SSSR count). The Morgan fingerprint density at radius 2 is 1.92 bits per heavy atom. The van der Waals surface area contributed by atoms with Crippen molar-refractivity contribution in [3.8, 4) is 0 Å². The normalized spacial score (nSPS) is 10.6. The predicted molar refractivity (Wildman–Crippen MR) is 91.1 cm³/mol. The minimum Gasteiger partial charge on any atom is -0.462 e. The number of hydrogen-bond donors (Lipinski definition) is 1. The van der Waals surface area contributed by atoms with Gasteiger partial charge in [0.25, 0.3) is 0 Å². The van der Waals surface area contributed by atoms with Gasteiger partial charge in [-0.15, -0.1) is 0 Å². The molecule has 0 radical (unpaired) electrons. The first-order valence-electron chi connectivity index (χ1n) is 7.60. The summed E-state index contributed by atoms with van der Waals surface area (Å²) < 4.78 is 17.9. The van der Waals surface area contributed by atoms with Gasteiger partial charge in [0.05, 0.1) is 12.2 Å². The summed E-state index contributed by atoms with van der Waals surface area (Å²) in [5.74, 6) is -1.10. The molecule has 0 spiro atoms. The second-order valence-electron chi connectivity index (χ2n) is 5.09. The molecule has 0 fully saturated rings. The molecule has 0 aromatic heterocycles. The number of halogens is 1. The van der Waals surface area contributed by atoms with E-state index in [0.717, 1.165) is 6.42 Å². The Morgan fingerprint density at radius 3 is 2.62 bits per heavy atom. The van der Waals surface area contributed by atoms with Crippen LogP contribution in [0.4, 0.5) is 10.1 Å². The van der Waals surface area contributed by atoms with Gasteiger partial charge in [-0.2, -0.15) is 0 Å². The quantitative estimate of drug-likeness (QED) is 0.643. The van der Waals surface area contributed by atoms with E-state index in [0.29, 0.717) is 23.4 Å². The highest BCUT2D eigenvalue weighted by Crippen LogP contribution is 2.12. The van der Waals surface area contributed by atoms with Crippen molar-refractivity contribution in [3.05, 3.63) is 71.6 Å². The number of carbonyl (C=O) groups is 2.